The van der Waals surface area contributed by atoms with Crippen LogP contribution in [0.1, 0.15) is 0 Å². The summed E-state index contributed by atoms with van der Waals surface area (Å²) in [5.74, 6) is 0.624. The molecule has 5 heterocycles. The lowest BCUT2D eigenvalue weighted by Crippen LogP contribution is -2.02. The van der Waals surface area contributed by atoms with Crippen LogP contribution in [-0.4, -0.2) is 24.1 Å². The molecule has 0 spiro atoms. The second-order valence-corrected chi connectivity index (χ2v) is 15.6. The van der Waals surface area contributed by atoms with Crippen molar-refractivity contribution in [2.24, 2.45) is 0 Å². The molecule has 0 aliphatic heterocycles. The molecule has 0 saturated carbocycles. The van der Waals surface area contributed by atoms with E-state index in [1.807, 2.05) is 42.5 Å². The van der Waals surface area contributed by atoms with Gasteiger partial charge in [-0.3, -0.25) is 0 Å². The van der Waals surface area contributed by atoms with Crippen molar-refractivity contribution in [2.45, 2.75) is 0 Å². The van der Waals surface area contributed by atoms with E-state index in [0.29, 0.717) is 11.4 Å². The zero-order valence-electron chi connectivity index (χ0n) is 32.7. The van der Waals surface area contributed by atoms with Gasteiger partial charge in [-0.2, -0.15) is 0 Å². The second-order valence-electron chi connectivity index (χ2n) is 15.6. The quantitative estimate of drug-likeness (QED) is 0.175. The van der Waals surface area contributed by atoms with Gasteiger partial charge in [0.25, 0.3) is 0 Å². The van der Waals surface area contributed by atoms with Gasteiger partial charge >= 0.3 is 0 Å². The predicted octanol–water partition coefficient (Wildman–Crippen LogP) is 14.1. The van der Waals surface area contributed by atoms with E-state index < -0.39 is 0 Å². The molecular weight excluding hydrogens is 747 g/mol. The third-order valence-corrected chi connectivity index (χ3v) is 12.1. The van der Waals surface area contributed by atoms with Crippen molar-refractivity contribution in [3.05, 3.63) is 200 Å². The smallest absolute Gasteiger partial charge is 0.163 e. The van der Waals surface area contributed by atoms with Crippen molar-refractivity contribution in [1.29, 1.82) is 0 Å². The largest absolute Gasteiger partial charge is 0.454 e. The highest BCUT2D eigenvalue weighted by atomic mass is 16.3. The lowest BCUT2D eigenvalue weighted by molar-refractivity contribution is 0.669. The molecule has 0 unspecified atom stereocenters. The van der Waals surface area contributed by atoms with E-state index >= 15 is 0 Å². The van der Waals surface area contributed by atoms with E-state index in [1.165, 1.54) is 21.5 Å². The third kappa shape index (κ3) is 5.12. The molecule has 13 rings (SSSR count). The van der Waals surface area contributed by atoms with Crippen LogP contribution in [0.3, 0.4) is 0 Å². The maximum atomic E-state index is 6.71. The Hall–Kier alpha value is -8.35. The maximum absolute atomic E-state index is 6.71. The van der Waals surface area contributed by atoms with Gasteiger partial charge in [-0.15, -0.1) is 0 Å². The fourth-order valence-electron chi connectivity index (χ4n) is 9.43. The molecule has 0 amide bonds. The summed E-state index contributed by atoms with van der Waals surface area (Å²) < 4.78 is 11.5. The summed E-state index contributed by atoms with van der Waals surface area (Å²) in [7, 11) is 0. The van der Waals surface area contributed by atoms with Crippen molar-refractivity contribution >= 4 is 76.6 Å². The number of nitrogens with zero attached hydrogens (tertiary/aromatic N) is 5. The van der Waals surface area contributed by atoms with Crippen molar-refractivity contribution in [3.8, 4) is 45.3 Å². The first-order chi connectivity index (χ1) is 30.2. The van der Waals surface area contributed by atoms with Crippen LogP contribution >= 0.6 is 0 Å². The number of furan rings is 1. The Morgan fingerprint density at radius 1 is 0.361 bits per heavy atom. The summed E-state index contributed by atoms with van der Waals surface area (Å²) in [5.41, 5.74) is 14.1. The van der Waals surface area contributed by atoms with Crippen LogP contribution in [0, 0.1) is 0 Å². The van der Waals surface area contributed by atoms with Gasteiger partial charge in [-0.05, 0) is 66.7 Å². The highest BCUT2D eigenvalue weighted by Gasteiger charge is 2.22. The molecule has 284 valence electrons. The van der Waals surface area contributed by atoms with E-state index in [4.69, 9.17) is 19.4 Å². The van der Waals surface area contributed by atoms with Crippen LogP contribution < -0.4 is 0 Å². The van der Waals surface area contributed by atoms with Crippen molar-refractivity contribution in [2.75, 3.05) is 0 Å². The average molecular weight is 780 g/mol. The number of para-hydroxylation sites is 6. The van der Waals surface area contributed by atoms with Gasteiger partial charge in [0.1, 0.15) is 11.1 Å². The number of hydrogen-bond acceptors (Lipinski definition) is 4. The topological polar surface area (TPSA) is 61.7 Å². The van der Waals surface area contributed by atoms with E-state index in [9.17, 15) is 0 Å². The molecule has 0 bridgehead atoms. The Bertz CT molecular complexity index is 3650. The summed E-state index contributed by atoms with van der Waals surface area (Å²) in [6, 6.07) is 70.3. The van der Waals surface area contributed by atoms with Crippen LogP contribution in [-0.2, 0) is 0 Å². The Balaban J connectivity index is 1.15. The number of rotatable bonds is 5. The molecule has 0 radical (unpaired) electrons. The first kappa shape index (κ1) is 33.6. The highest BCUT2D eigenvalue weighted by molar-refractivity contribution is 6.15. The third-order valence-electron chi connectivity index (χ3n) is 12.1. The fourth-order valence-corrected chi connectivity index (χ4v) is 9.43. The molecule has 0 aliphatic rings. The highest BCUT2D eigenvalue weighted by Crippen LogP contribution is 2.42. The molecule has 0 N–H and O–H groups in total. The van der Waals surface area contributed by atoms with Gasteiger partial charge < -0.3 is 13.6 Å². The van der Waals surface area contributed by atoms with Crippen LogP contribution in [0.25, 0.3) is 122 Å². The standard InChI is InChI=1S/C55H33N5O/c1-2-16-34(17-3-1)55-57-45(33-46(58-55)52-42-22-4-10-24-44(42)56-53-43-23-9-15-29-51(43)61-54(52)53)35-30-36(59-47-25-11-5-18-38(47)39-19-6-12-26-48(39)59)32-37(31-35)60-49-27-13-7-20-40(49)41-21-8-14-28-50(41)60/h1-33H. The Kier molecular flexibility index (Phi) is 7.21. The summed E-state index contributed by atoms with van der Waals surface area (Å²) in [4.78, 5) is 15.9. The summed E-state index contributed by atoms with van der Waals surface area (Å²) >= 11 is 0. The predicted molar refractivity (Wildman–Crippen MR) is 250 cm³/mol. The Labute approximate surface area is 349 Å². The maximum Gasteiger partial charge on any atom is 0.163 e. The number of fused-ring (bicyclic) bond motifs is 10. The lowest BCUT2D eigenvalue weighted by Gasteiger charge is -2.17. The minimum Gasteiger partial charge on any atom is -0.454 e. The van der Waals surface area contributed by atoms with E-state index in [2.05, 4.69) is 167 Å². The molecular formula is C55H33N5O. The van der Waals surface area contributed by atoms with Crippen molar-refractivity contribution < 1.29 is 4.42 Å². The van der Waals surface area contributed by atoms with E-state index in [1.54, 1.807) is 0 Å². The first-order valence-electron chi connectivity index (χ1n) is 20.5. The number of aromatic nitrogens is 5. The van der Waals surface area contributed by atoms with E-state index in [0.717, 1.165) is 88.9 Å². The van der Waals surface area contributed by atoms with Gasteiger partial charge in [0, 0.05) is 54.8 Å². The molecule has 5 aromatic heterocycles. The minimum atomic E-state index is 0.624. The van der Waals surface area contributed by atoms with Crippen LogP contribution in [0.2, 0.25) is 0 Å². The summed E-state index contributed by atoms with van der Waals surface area (Å²) in [5, 5.41) is 6.75. The first-order valence-corrected chi connectivity index (χ1v) is 20.5. The van der Waals surface area contributed by atoms with Gasteiger partial charge in [0.2, 0.25) is 0 Å². The number of benzene rings is 8. The lowest BCUT2D eigenvalue weighted by atomic mass is 10.0. The molecule has 61 heavy (non-hydrogen) atoms. The van der Waals surface area contributed by atoms with Crippen LogP contribution in [0.15, 0.2) is 205 Å². The molecule has 6 heteroatoms. The van der Waals surface area contributed by atoms with E-state index in [-0.39, 0.29) is 0 Å². The summed E-state index contributed by atoms with van der Waals surface area (Å²) in [6.07, 6.45) is 0. The molecule has 0 atom stereocenters. The zero-order chi connectivity index (χ0) is 40.0. The monoisotopic (exact) mass is 779 g/mol. The van der Waals surface area contributed by atoms with Gasteiger partial charge in [-0.1, -0.05) is 133 Å². The molecule has 0 aliphatic carbocycles. The Morgan fingerprint density at radius 2 is 0.836 bits per heavy atom. The minimum absolute atomic E-state index is 0.624. The Morgan fingerprint density at radius 3 is 1.43 bits per heavy atom. The second kappa shape index (κ2) is 13.1. The fraction of sp³-hybridized carbons (Fsp3) is 0. The zero-order valence-corrected chi connectivity index (χ0v) is 32.7. The molecule has 13 aromatic rings. The van der Waals surface area contributed by atoms with Crippen LogP contribution in [0.4, 0.5) is 0 Å². The molecule has 6 nitrogen and oxygen atoms in total. The average Bonchev–Trinajstić information content (AvgIpc) is 3.98. The van der Waals surface area contributed by atoms with Gasteiger partial charge in [0.05, 0.1) is 44.5 Å². The summed E-state index contributed by atoms with van der Waals surface area (Å²) in [6.45, 7) is 0. The number of hydrogen-bond donors (Lipinski definition) is 0. The SMILES string of the molecule is c1ccc(-c2nc(-c3cc(-n4c5ccccc5c5ccccc54)cc(-n4c5ccccc5c5ccccc54)c3)cc(-c3c4ccccc4nc4c3oc3ccccc34)n2)cc1. The molecule has 0 fully saturated rings. The molecule has 0 saturated heterocycles. The van der Waals surface area contributed by atoms with Gasteiger partial charge in [0.15, 0.2) is 11.4 Å². The molecule has 8 aromatic carbocycles. The van der Waals surface area contributed by atoms with Crippen molar-refractivity contribution in [1.82, 2.24) is 24.1 Å². The number of pyridine rings is 1. The van der Waals surface area contributed by atoms with Crippen molar-refractivity contribution in [3.63, 3.8) is 0 Å². The van der Waals surface area contributed by atoms with Gasteiger partial charge in [-0.25, -0.2) is 15.0 Å². The normalized spacial score (nSPS) is 11.9. The van der Waals surface area contributed by atoms with Crippen LogP contribution in [0.5, 0.6) is 0 Å².